The van der Waals surface area contributed by atoms with Gasteiger partial charge in [-0.1, -0.05) is 20.8 Å². The molecule has 2 N–H and O–H groups in total. The van der Waals surface area contributed by atoms with Gasteiger partial charge >= 0.3 is 0 Å². The summed E-state index contributed by atoms with van der Waals surface area (Å²) < 4.78 is 0. The van der Waals surface area contributed by atoms with Crippen LogP contribution in [0.5, 0.6) is 0 Å². The molecule has 2 heterocycles. The first-order valence-corrected chi connectivity index (χ1v) is 5.36. The minimum atomic E-state index is 0.00948. The molecule has 1 aliphatic rings. The van der Waals surface area contributed by atoms with Crippen LogP contribution in [0.4, 0.5) is 5.82 Å². The third-order valence-corrected chi connectivity index (χ3v) is 2.46. The predicted octanol–water partition coefficient (Wildman–Crippen LogP) is 1.16. The maximum absolute atomic E-state index is 4.52. The molecular weight excluding hydrogens is 188 g/mol. The first kappa shape index (κ1) is 10.4. The lowest BCUT2D eigenvalue weighted by Crippen LogP contribution is -2.51. The monoisotopic (exact) mass is 206 g/mol. The van der Waals surface area contributed by atoms with E-state index in [1.54, 1.807) is 0 Å². The third kappa shape index (κ3) is 2.45. The van der Waals surface area contributed by atoms with Crippen molar-refractivity contribution in [3.63, 3.8) is 0 Å². The molecule has 15 heavy (non-hydrogen) atoms. The normalized spacial score (nSPS) is 17.3. The van der Waals surface area contributed by atoms with Gasteiger partial charge in [0.1, 0.15) is 11.6 Å². The fraction of sp³-hybridized carbons (Fsp3) is 0.636. The van der Waals surface area contributed by atoms with E-state index < -0.39 is 0 Å². The standard InChI is InChI=1S/C11H18N4/c1-11(2,3)10-13-5-4-9(15-10)14-8-6-12-7-8/h4-5,8,12H,6-7H2,1-3H3,(H,13,14,15). The van der Waals surface area contributed by atoms with Gasteiger partial charge in [0.15, 0.2) is 0 Å². The molecule has 0 amide bonds. The Bertz CT molecular complexity index is 339. The summed E-state index contributed by atoms with van der Waals surface area (Å²) in [5, 5.41) is 6.60. The van der Waals surface area contributed by atoms with Crippen LogP contribution < -0.4 is 10.6 Å². The highest BCUT2D eigenvalue weighted by Crippen LogP contribution is 2.19. The molecule has 0 radical (unpaired) electrons. The molecule has 1 fully saturated rings. The molecule has 0 saturated carbocycles. The molecule has 0 aliphatic carbocycles. The van der Waals surface area contributed by atoms with Crippen molar-refractivity contribution >= 4 is 5.82 Å². The molecule has 4 heteroatoms. The van der Waals surface area contributed by atoms with Gasteiger partial charge in [0, 0.05) is 24.7 Å². The van der Waals surface area contributed by atoms with Gasteiger partial charge in [-0.15, -0.1) is 0 Å². The fourth-order valence-corrected chi connectivity index (χ4v) is 1.40. The molecule has 0 aromatic carbocycles. The van der Waals surface area contributed by atoms with Crippen LogP contribution in [-0.4, -0.2) is 29.1 Å². The minimum Gasteiger partial charge on any atom is -0.365 e. The zero-order chi connectivity index (χ0) is 10.9. The Morgan fingerprint density at radius 3 is 2.67 bits per heavy atom. The highest BCUT2D eigenvalue weighted by molar-refractivity contribution is 5.36. The fourth-order valence-electron chi connectivity index (χ4n) is 1.40. The lowest BCUT2D eigenvalue weighted by molar-refractivity contribution is 0.469. The van der Waals surface area contributed by atoms with Crippen molar-refractivity contribution in [2.75, 3.05) is 18.4 Å². The average Bonchev–Trinajstić information content (AvgIpc) is 2.11. The van der Waals surface area contributed by atoms with Crippen LogP contribution in [0.2, 0.25) is 0 Å². The first-order valence-electron chi connectivity index (χ1n) is 5.36. The van der Waals surface area contributed by atoms with Crippen LogP contribution >= 0.6 is 0 Å². The van der Waals surface area contributed by atoms with E-state index in [9.17, 15) is 0 Å². The molecule has 2 rings (SSSR count). The largest absolute Gasteiger partial charge is 0.365 e. The van der Waals surface area contributed by atoms with Gasteiger partial charge < -0.3 is 10.6 Å². The summed E-state index contributed by atoms with van der Waals surface area (Å²) in [5.41, 5.74) is 0.00948. The molecule has 1 aromatic heterocycles. The van der Waals surface area contributed by atoms with Crippen molar-refractivity contribution in [2.45, 2.75) is 32.2 Å². The Labute approximate surface area is 90.5 Å². The number of nitrogens with zero attached hydrogens (tertiary/aromatic N) is 2. The second-order valence-corrected chi connectivity index (χ2v) is 5.01. The Morgan fingerprint density at radius 1 is 1.40 bits per heavy atom. The van der Waals surface area contributed by atoms with E-state index >= 15 is 0 Å². The van der Waals surface area contributed by atoms with Gasteiger partial charge in [0.25, 0.3) is 0 Å². The van der Waals surface area contributed by atoms with Gasteiger partial charge in [-0.05, 0) is 6.07 Å². The second kappa shape index (κ2) is 3.77. The van der Waals surface area contributed by atoms with Crippen LogP contribution in [0.3, 0.4) is 0 Å². The van der Waals surface area contributed by atoms with Crippen molar-refractivity contribution in [2.24, 2.45) is 0 Å². The predicted molar refractivity (Wildman–Crippen MR) is 61.0 cm³/mol. The Hall–Kier alpha value is -1.16. The van der Waals surface area contributed by atoms with E-state index in [1.807, 2.05) is 12.3 Å². The average molecular weight is 206 g/mol. The lowest BCUT2D eigenvalue weighted by atomic mass is 9.96. The maximum Gasteiger partial charge on any atom is 0.135 e. The van der Waals surface area contributed by atoms with Gasteiger partial charge in [-0.3, -0.25) is 0 Å². The number of aromatic nitrogens is 2. The van der Waals surface area contributed by atoms with E-state index in [2.05, 4.69) is 41.4 Å². The van der Waals surface area contributed by atoms with E-state index in [1.165, 1.54) is 0 Å². The topological polar surface area (TPSA) is 49.8 Å². The third-order valence-electron chi connectivity index (χ3n) is 2.46. The number of nitrogens with one attached hydrogen (secondary N) is 2. The SMILES string of the molecule is CC(C)(C)c1nccc(NC2CNC2)n1. The smallest absolute Gasteiger partial charge is 0.135 e. The summed E-state index contributed by atoms with van der Waals surface area (Å²) in [6.07, 6.45) is 1.82. The lowest BCUT2D eigenvalue weighted by Gasteiger charge is -2.28. The summed E-state index contributed by atoms with van der Waals surface area (Å²) in [6.45, 7) is 8.41. The number of rotatable bonds is 2. The van der Waals surface area contributed by atoms with Gasteiger partial charge in [0.05, 0.1) is 6.04 Å². The molecule has 1 saturated heterocycles. The first-order chi connectivity index (χ1) is 7.05. The van der Waals surface area contributed by atoms with E-state index in [4.69, 9.17) is 0 Å². The van der Waals surface area contributed by atoms with Crippen molar-refractivity contribution < 1.29 is 0 Å². The molecule has 0 spiro atoms. The molecule has 1 aromatic rings. The summed E-state index contributed by atoms with van der Waals surface area (Å²) in [6, 6.07) is 2.45. The van der Waals surface area contributed by atoms with Crippen LogP contribution in [-0.2, 0) is 5.41 Å². The van der Waals surface area contributed by atoms with E-state index in [0.29, 0.717) is 6.04 Å². The van der Waals surface area contributed by atoms with Gasteiger partial charge in [0.2, 0.25) is 0 Å². The molecule has 82 valence electrons. The van der Waals surface area contributed by atoms with Gasteiger partial charge in [-0.2, -0.15) is 0 Å². The zero-order valence-electron chi connectivity index (χ0n) is 9.54. The Balaban J connectivity index is 2.11. The molecule has 4 nitrogen and oxygen atoms in total. The van der Waals surface area contributed by atoms with E-state index in [0.717, 1.165) is 24.7 Å². The summed E-state index contributed by atoms with van der Waals surface area (Å²) in [7, 11) is 0. The molecule has 0 atom stereocenters. The summed E-state index contributed by atoms with van der Waals surface area (Å²) >= 11 is 0. The van der Waals surface area contributed by atoms with Crippen LogP contribution in [0.25, 0.3) is 0 Å². The quantitative estimate of drug-likeness (QED) is 0.762. The van der Waals surface area contributed by atoms with Crippen molar-refractivity contribution in [1.82, 2.24) is 15.3 Å². The highest BCUT2D eigenvalue weighted by atomic mass is 15.1. The number of hydrogen-bond acceptors (Lipinski definition) is 4. The number of hydrogen-bond donors (Lipinski definition) is 2. The van der Waals surface area contributed by atoms with Crippen LogP contribution in [0.1, 0.15) is 26.6 Å². The number of anilines is 1. The highest BCUT2D eigenvalue weighted by Gasteiger charge is 2.20. The van der Waals surface area contributed by atoms with Crippen molar-refractivity contribution in [3.8, 4) is 0 Å². The Kier molecular flexibility index (Phi) is 2.61. The molecule has 0 unspecified atom stereocenters. The molecule has 1 aliphatic heterocycles. The van der Waals surface area contributed by atoms with Crippen LogP contribution in [0, 0.1) is 0 Å². The zero-order valence-corrected chi connectivity index (χ0v) is 9.54. The molecule has 0 bridgehead atoms. The van der Waals surface area contributed by atoms with Crippen molar-refractivity contribution in [3.05, 3.63) is 18.1 Å². The van der Waals surface area contributed by atoms with Crippen LogP contribution in [0.15, 0.2) is 12.3 Å². The van der Waals surface area contributed by atoms with Crippen molar-refractivity contribution in [1.29, 1.82) is 0 Å². The van der Waals surface area contributed by atoms with Gasteiger partial charge in [-0.25, -0.2) is 9.97 Å². The maximum atomic E-state index is 4.52. The van der Waals surface area contributed by atoms with E-state index in [-0.39, 0.29) is 5.41 Å². The summed E-state index contributed by atoms with van der Waals surface area (Å²) in [4.78, 5) is 8.81. The summed E-state index contributed by atoms with van der Waals surface area (Å²) in [5.74, 6) is 1.82. The second-order valence-electron chi connectivity index (χ2n) is 5.01. The Morgan fingerprint density at radius 2 is 2.13 bits per heavy atom. The minimum absolute atomic E-state index is 0.00948. The molecular formula is C11H18N4.